The van der Waals surface area contributed by atoms with Crippen LogP contribution in [-0.4, -0.2) is 0 Å². The van der Waals surface area contributed by atoms with Crippen LogP contribution >= 0.6 is 0 Å². The maximum Gasteiger partial charge on any atom is 4.00 e. The maximum atomic E-state index is 2.45. The van der Waals surface area contributed by atoms with Crippen molar-refractivity contribution >= 4 is 21.5 Å². The van der Waals surface area contributed by atoms with Crippen LogP contribution in [0.2, 0.25) is 0 Å². The molecule has 6 aromatic carbocycles. The molecule has 0 amide bonds. The summed E-state index contributed by atoms with van der Waals surface area (Å²) in [4.78, 5) is 0. The molecule has 6 rings (SSSR count). The van der Waals surface area contributed by atoms with E-state index in [1.54, 1.807) is 0 Å². The summed E-state index contributed by atoms with van der Waals surface area (Å²) in [5, 5.41) is 5.36. The minimum Gasteiger partial charge on any atom is -1.00 e. The van der Waals surface area contributed by atoms with E-state index < -0.39 is 0 Å². The van der Waals surface area contributed by atoms with Crippen LogP contribution in [-0.2, 0) is 37.0 Å². The second-order valence-electron chi connectivity index (χ2n) is 12.3. The molecule has 0 bridgehead atoms. The van der Waals surface area contributed by atoms with E-state index in [-0.39, 0.29) is 61.8 Å². The van der Waals surface area contributed by atoms with Gasteiger partial charge in [-0.25, -0.2) is 12.1 Å². The van der Waals surface area contributed by atoms with Crippen molar-refractivity contribution in [1.29, 1.82) is 0 Å². The van der Waals surface area contributed by atoms with Gasteiger partial charge in [0.05, 0.1) is 0 Å². The Balaban J connectivity index is 0.000000667. The van der Waals surface area contributed by atoms with Crippen LogP contribution in [0.5, 0.6) is 0 Å². The van der Waals surface area contributed by atoms with E-state index in [0.29, 0.717) is 0 Å². The van der Waals surface area contributed by atoms with Crippen LogP contribution in [0.25, 0.3) is 43.8 Å². The van der Waals surface area contributed by atoms with Gasteiger partial charge in [0.1, 0.15) is 0 Å². The van der Waals surface area contributed by atoms with E-state index in [2.05, 4.69) is 133 Å². The van der Waals surface area contributed by atoms with Gasteiger partial charge >= 0.3 is 26.2 Å². The predicted octanol–water partition coefficient (Wildman–Crippen LogP) is 5.05. The van der Waals surface area contributed by atoms with Gasteiger partial charge in [0.15, 0.2) is 0 Å². The van der Waals surface area contributed by atoms with Crippen LogP contribution in [0.4, 0.5) is 0 Å². The molecule has 0 saturated carbocycles. The first-order valence-corrected chi connectivity index (χ1v) is 13.6. The molecule has 0 N–H and O–H groups in total. The van der Waals surface area contributed by atoms with Gasteiger partial charge in [-0.05, 0) is 44.2 Å². The Labute approximate surface area is 277 Å². The van der Waals surface area contributed by atoms with Crippen molar-refractivity contribution in [2.75, 3.05) is 0 Å². The molecule has 41 heavy (non-hydrogen) atoms. The third-order valence-corrected chi connectivity index (χ3v) is 7.32. The minimum absolute atomic E-state index is 0. The Morgan fingerprint density at radius 2 is 0.854 bits per heavy atom. The van der Waals surface area contributed by atoms with Gasteiger partial charge in [-0.2, -0.15) is 18.2 Å². The summed E-state index contributed by atoms with van der Waals surface area (Å²) in [5.41, 5.74) is 8.16. The van der Waals surface area contributed by atoms with Crippen LogP contribution in [0, 0.1) is 0 Å². The van der Waals surface area contributed by atoms with Crippen molar-refractivity contribution < 1.29 is 51.0 Å². The SMILES string of the molecule is CC(C)(C)c1cc2c(cc1-c1ccccc1)[cH-]c1cc(-c3ccccc3)c(C(C)(C)C)cc12.[Cl-].[Cl-].[Zr+4].c1cc[cH-]c1. The third-order valence-electron chi connectivity index (χ3n) is 7.32. The maximum absolute atomic E-state index is 2.45. The second kappa shape index (κ2) is 14.2. The Morgan fingerprint density at radius 1 is 0.488 bits per heavy atom. The van der Waals surface area contributed by atoms with Gasteiger partial charge in [-0.1, -0.05) is 114 Å². The van der Waals surface area contributed by atoms with E-state index in [1.165, 1.54) is 54.9 Å². The summed E-state index contributed by atoms with van der Waals surface area (Å²) < 4.78 is 0. The average Bonchev–Trinajstić information content (AvgIpc) is 3.59. The van der Waals surface area contributed by atoms with Crippen LogP contribution in [0.15, 0.2) is 121 Å². The monoisotopic (exact) mass is 654 g/mol. The van der Waals surface area contributed by atoms with Crippen molar-refractivity contribution in [3.05, 3.63) is 132 Å². The molecule has 0 aliphatic carbocycles. The third kappa shape index (κ3) is 7.70. The normalized spacial score (nSPS) is 11.1. The Morgan fingerprint density at radius 3 is 1.15 bits per heavy atom. The van der Waals surface area contributed by atoms with E-state index in [4.69, 9.17) is 0 Å². The summed E-state index contributed by atoms with van der Waals surface area (Å²) in [5.74, 6) is 0. The van der Waals surface area contributed by atoms with E-state index in [1.807, 2.05) is 30.3 Å². The zero-order valence-electron chi connectivity index (χ0n) is 24.8. The molecular weight excluding hydrogens is 619 g/mol. The molecule has 0 heterocycles. The molecule has 0 spiro atoms. The first kappa shape index (κ1) is 34.8. The number of hydrogen-bond donors (Lipinski definition) is 0. The Hall–Kier alpha value is -2.44. The summed E-state index contributed by atoms with van der Waals surface area (Å²) in [6.45, 7) is 13.9. The van der Waals surface area contributed by atoms with Crippen molar-refractivity contribution in [3.8, 4) is 22.3 Å². The predicted molar refractivity (Wildman–Crippen MR) is 167 cm³/mol. The van der Waals surface area contributed by atoms with Gasteiger partial charge < -0.3 is 24.8 Å². The molecule has 0 nitrogen and oxygen atoms in total. The topological polar surface area (TPSA) is 0 Å². The van der Waals surface area contributed by atoms with Gasteiger partial charge in [0, 0.05) is 0 Å². The van der Waals surface area contributed by atoms with Gasteiger partial charge in [0.25, 0.3) is 0 Å². The van der Waals surface area contributed by atoms with Crippen LogP contribution in [0.1, 0.15) is 52.7 Å². The Kier molecular flexibility index (Phi) is 12.0. The van der Waals surface area contributed by atoms with Crippen molar-refractivity contribution in [1.82, 2.24) is 0 Å². The molecule has 6 aromatic rings. The zero-order chi connectivity index (χ0) is 26.9. The standard InChI is InChI=1S/C33H33.C5H5.2ClH.Zr/c1-32(2,3)30-20-26-24(18-28(30)22-13-9-7-10-14-22)17-25-19-29(23-15-11-8-12-16-23)31(21-27(25)26)33(4,5)6;1-2-4-5-3-1;;;/h7-21H,1-6H3;1-5H;2*1H;/q2*-1;;;+4/p-2. The smallest absolute Gasteiger partial charge is 1.00 e. The number of hydrogen-bond acceptors (Lipinski definition) is 0. The number of benzene rings is 4. The van der Waals surface area contributed by atoms with Crippen molar-refractivity contribution in [2.24, 2.45) is 0 Å². The number of fused-ring (bicyclic) bond motifs is 3. The molecule has 0 aliphatic rings. The zero-order valence-corrected chi connectivity index (χ0v) is 28.8. The van der Waals surface area contributed by atoms with Crippen LogP contribution in [0.3, 0.4) is 0 Å². The summed E-state index contributed by atoms with van der Waals surface area (Å²) in [6.07, 6.45) is 0. The first-order chi connectivity index (χ1) is 18.1. The van der Waals surface area contributed by atoms with Gasteiger partial charge in [-0.15, -0.1) is 39.7 Å². The number of rotatable bonds is 2. The van der Waals surface area contributed by atoms with Gasteiger partial charge in [0.2, 0.25) is 0 Å². The molecule has 0 atom stereocenters. The van der Waals surface area contributed by atoms with E-state index in [9.17, 15) is 0 Å². The summed E-state index contributed by atoms with van der Waals surface area (Å²) >= 11 is 0. The molecule has 0 radical (unpaired) electrons. The summed E-state index contributed by atoms with van der Waals surface area (Å²) in [6, 6.07) is 43.7. The van der Waals surface area contributed by atoms with Crippen molar-refractivity contribution in [2.45, 2.75) is 52.4 Å². The molecular formula is C38H38Cl2Zr. The molecule has 0 unspecified atom stereocenters. The number of halogens is 2. The molecule has 208 valence electrons. The molecule has 0 aromatic heterocycles. The Bertz CT molecular complexity index is 1520. The second-order valence-corrected chi connectivity index (χ2v) is 12.3. The molecule has 0 saturated heterocycles. The fraction of sp³-hybridized carbons (Fsp3) is 0.211. The molecule has 0 aliphatic heterocycles. The minimum atomic E-state index is 0. The average molecular weight is 657 g/mol. The summed E-state index contributed by atoms with van der Waals surface area (Å²) in [7, 11) is 0. The molecule has 3 heteroatoms. The fourth-order valence-electron chi connectivity index (χ4n) is 5.38. The van der Waals surface area contributed by atoms with Crippen molar-refractivity contribution in [3.63, 3.8) is 0 Å². The van der Waals surface area contributed by atoms with E-state index in [0.717, 1.165) is 0 Å². The largest absolute Gasteiger partial charge is 4.00 e. The van der Waals surface area contributed by atoms with Gasteiger partial charge in [-0.3, -0.25) is 0 Å². The van der Waals surface area contributed by atoms with Crippen LogP contribution < -0.4 is 24.8 Å². The fourth-order valence-corrected chi connectivity index (χ4v) is 5.38. The first-order valence-electron chi connectivity index (χ1n) is 13.6. The quantitative estimate of drug-likeness (QED) is 0.229. The van der Waals surface area contributed by atoms with E-state index >= 15 is 0 Å². The molecule has 0 fully saturated rings.